The molecule has 0 saturated carbocycles. The molecule has 1 N–H and O–H groups in total. The van der Waals surface area contributed by atoms with E-state index in [9.17, 15) is 9.59 Å². The normalized spacial score (nSPS) is 19.7. The van der Waals surface area contributed by atoms with Gasteiger partial charge in [0.2, 0.25) is 0 Å². The average molecular weight is 418 g/mol. The first kappa shape index (κ1) is 20.6. The van der Waals surface area contributed by atoms with Crippen LogP contribution in [0.15, 0.2) is 36.4 Å². The van der Waals surface area contributed by atoms with Gasteiger partial charge < -0.3 is 4.74 Å². The van der Waals surface area contributed by atoms with E-state index >= 15 is 0 Å². The minimum absolute atomic E-state index is 0.0564. The van der Waals surface area contributed by atoms with Crippen LogP contribution in [0, 0.1) is 0 Å². The van der Waals surface area contributed by atoms with Crippen LogP contribution in [0.5, 0.6) is 5.75 Å². The number of hydrogen-bond acceptors (Lipinski definition) is 6. The highest BCUT2D eigenvalue weighted by atomic mass is 32.2. The van der Waals surface area contributed by atoms with E-state index in [1.807, 2.05) is 30.0 Å². The van der Waals surface area contributed by atoms with Crippen molar-refractivity contribution in [2.24, 2.45) is 0 Å². The topological polar surface area (TPSA) is 61.9 Å². The number of thioether (sulfide) groups is 1. The summed E-state index contributed by atoms with van der Waals surface area (Å²) in [5, 5.41) is 2.67. The number of nitrogens with one attached hydrogen (secondary N) is 1. The van der Waals surface area contributed by atoms with Crippen molar-refractivity contribution in [2.75, 3.05) is 38.2 Å². The molecular formula is C20H23N3O3S2. The van der Waals surface area contributed by atoms with E-state index in [2.05, 4.69) is 16.8 Å². The quantitative estimate of drug-likeness (QED) is 0.331. The van der Waals surface area contributed by atoms with Gasteiger partial charge in [0.25, 0.3) is 11.8 Å². The fourth-order valence-corrected chi connectivity index (χ4v) is 4.40. The van der Waals surface area contributed by atoms with E-state index in [4.69, 9.17) is 17.0 Å². The molecule has 2 heterocycles. The molecule has 148 valence electrons. The monoisotopic (exact) mass is 417 g/mol. The molecule has 0 unspecified atom stereocenters. The zero-order valence-electron chi connectivity index (χ0n) is 15.8. The molecule has 2 amide bonds. The van der Waals surface area contributed by atoms with Crippen LogP contribution in [0.25, 0.3) is 6.08 Å². The molecule has 28 heavy (non-hydrogen) atoms. The van der Waals surface area contributed by atoms with E-state index in [0.29, 0.717) is 0 Å². The Labute approximate surface area is 174 Å². The lowest BCUT2D eigenvalue weighted by Gasteiger charge is -2.28. The minimum Gasteiger partial charge on any atom is -0.496 e. The van der Waals surface area contributed by atoms with Crippen molar-refractivity contribution in [1.82, 2.24) is 15.1 Å². The van der Waals surface area contributed by atoms with Gasteiger partial charge in [-0.2, -0.15) is 11.8 Å². The van der Waals surface area contributed by atoms with E-state index in [1.54, 1.807) is 19.3 Å². The van der Waals surface area contributed by atoms with Crippen LogP contribution in [-0.2, 0) is 16.1 Å². The highest BCUT2D eigenvalue weighted by Crippen LogP contribution is 2.25. The number of thiocarbonyl (C=S) groups is 1. The van der Waals surface area contributed by atoms with Gasteiger partial charge >= 0.3 is 0 Å². The second-order valence-electron chi connectivity index (χ2n) is 6.48. The molecule has 3 rings (SSSR count). The molecule has 6 nitrogen and oxygen atoms in total. The molecule has 0 aliphatic carbocycles. The van der Waals surface area contributed by atoms with E-state index in [-0.39, 0.29) is 17.2 Å². The fourth-order valence-electron chi connectivity index (χ4n) is 3.17. The summed E-state index contributed by atoms with van der Waals surface area (Å²) < 4.78 is 5.50. The van der Waals surface area contributed by atoms with Gasteiger partial charge in [-0.25, -0.2) is 0 Å². The number of methoxy groups -OCH3 is 1. The molecule has 2 fully saturated rings. The molecule has 1 aromatic carbocycles. The summed E-state index contributed by atoms with van der Waals surface area (Å²) in [6.07, 6.45) is 3.17. The van der Waals surface area contributed by atoms with Gasteiger partial charge in [0.1, 0.15) is 11.3 Å². The first-order chi connectivity index (χ1) is 13.5. The predicted molar refractivity (Wildman–Crippen MR) is 116 cm³/mol. The highest BCUT2D eigenvalue weighted by molar-refractivity contribution is 7.99. The molecule has 0 atom stereocenters. The van der Waals surface area contributed by atoms with Crippen LogP contribution in [0.2, 0.25) is 0 Å². The molecule has 2 saturated heterocycles. The van der Waals surface area contributed by atoms with E-state index in [1.165, 1.54) is 4.90 Å². The second-order valence-corrected chi connectivity index (χ2v) is 8.09. The molecular weight excluding hydrogens is 394 g/mol. The zero-order chi connectivity index (χ0) is 20.1. The summed E-state index contributed by atoms with van der Waals surface area (Å²) in [6.45, 7) is 6.72. The largest absolute Gasteiger partial charge is 0.496 e. The molecule has 0 spiro atoms. The van der Waals surface area contributed by atoms with Crippen LogP contribution >= 0.6 is 24.0 Å². The van der Waals surface area contributed by atoms with Crippen molar-refractivity contribution in [3.8, 4) is 5.75 Å². The van der Waals surface area contributed by atoms with Crippen molar-refractivity contribution < 1.29 is 14.3 Å². The number of rotatable bonds is 6. The second kappa shape index (κ2) is 9.36. The maximum atomic E-state index is 12.7. The van der Waals surface area contributed by atoms with Crippen molar-refractivity contribution in [2.45, 2.75) is 6.54 Å². The lowest BCUT2D eigenvalue weighted by Crippen LogP contribution is -2.53. The van der Waals surface area contributed by atoms with Crippen LogP contribution in [-0.4, -0.2) is 65.0 Å². The van der Waals surface area contributed by atoms with Crippen molar-refractivity contribution >= 4 is 47.0 Å². The van der Waals surface area contributed by atoms with Gasteiger partial charge in [0.05, 0.1) is 7.11 Å². The lowest BCUT2D eigenvalue weighted by atomic mass is 10.0. The van der Waals surface area contributed by atoms with Gasteiger partial charge in [-0.15, -0.1) is 6.58 Å². The summed E-state index contributed by atoms with van der Waals surface area (Å²) in [7, 11) is 1.65. The standard InChI is InChI=1S/C20H23N3O3S2/c1-3-6-23-19(25)16(18(24)21-20(23)27)12-14-4-5-17(26-2)15(11-14)13-22-7-9-28-10-8-22/h3-5,11-12H,1,6-10,13H2,2H3,(H,21,24,27). The Morgan fingerprint density at radius 2 is 2.07 bits per heavy atom. The number of carbonyl (C=O) groups excluding carboxylic acids is 2. The van der Waals surface area contributed by atoms with Crippen molar-refractivity contribution in [3.63, 3.8) is 0 Å². The SMILES string of the molecule is C=CCN1C(=O)C(=Cc2ccc(OC)c(CN3CCSCC3)c2)C(=O)NC1=S. The smallest absolute Gasteiger partial charge is 0.265 e. The minimum atomic E-state index is -0.485. The Morgan fingerprint density at radius 3 is 2.75 bits per heavy atom. The molecule has 1 aromatic rings. The molecule has 0 radical (unpaired) electrons. The number of amides is 2. The Hall–Kier alpha value is -2.16. The highest BCUT2D eigenvalue weighted by Gasteiger charge is 2.32. The average Bonchev–Trinajstić information content (AvgIpc) is 2.69. The first-order valence-electron chi connectivity index (χ1n) is 9.00. The first-order valence-corrected chi connectivity index (χ1v) is 10.6. The molecule has 2 aliphatic rings. The number of nitrogens with zero attached hydrogens (tertiary/aromatic N) is 2. The van der Waals surface area contributed by atoms with Gasteiger partial charge in [-0.05, 0) is 36.0 Å². The van der Waals surface area contributed by atoms with E-state index in [0.717, 1.165) is 48.0 Å². The van der Waals surface area contributed by atoms with Crippen LogP contribution < -0.4 is 10.1 Å². The molecule has 0 bridgehead atoms. The number of carbonyl (C=O) groups is 2. The lowest BCUT2D eigenvalue weighted by molar-refractivity contribution is -0.128. The van der Waals surface area contributed by atoms with Gasteiger partial charge in [-0.3, -0.25) is 24.7 Å². The summed E-state index contributed by atoms with van der Waals surface area (Å²) in [6, 6.07) is 5.68. The molecule has 2 aliphatic heterocycles. The van der Waals surface area contributed by atoms with Gasteiger partial charge in [-0.1, -0.05) is 12.1 Å². The summed E-state index contributed by atoms with van der Waals surface area (Å²) in [4.78, 5) is 28.7. The van der Waals surface area contributed by atoms with Crippen molar-refractivity contribution in [3.05, 3.63) is 47.6 Å². The number of benzene rings is 1. The Balaban J connectivity index is 1.88. The predicted octanol–water partition coefficient (Wildman–Crippen LogP) is 2.06. The molecule has 8 heteroatoms. The zero-order valence-corrected chi connectivity index (χ0v) is 17.4. The van der Waals surface area contributed by atoms with Crippen molar-refractivity contribution in [1.29, 1.82) is 0 Å². The van der Waals surface area contributed by atoms with Crippen LogP contribution in [0.1, 0.15) is 11.1 Å². The number of ether oxygens (including phenoxy) is 1. The summed E-state index contributed by atoms with van der Waals surface area (Å²) in [5.74, 6) is 2.15. The maximum Gasteiger partial charge on any atom is 0.265 e. The third-order valence-corrected chi connectivity index (χ3v) is 5.88. The Bertz CT molecular complexity index is 832. The van der Waals surface area contributed by atoms with Gasteiger partial charge in [0, 0.05) is 43.2 Å². The van der Waals surface area contributed by atoms with E-state index < -0.39 is 11.8 Å². The van der Waals surface area contributed by atoms with Crippen LogP contribution in [0.4, 0.5) is 0 Å². The van der Waals surface area contributed by atoms with Gasteiger partial charge in [0.15, 0.2) is 5.11 Å². The third-order valence-electron chi connectivity index (χ3n) is 4.61. The Morgan fingerprint density at radius 1 is 1.32 bits per heavy atom. The molecule has 0 aromatic heterocycles. The Kier molecular flexibility index (Phi) is 6.88. The third kappa shape index (κ3) is 4.63. The number of hydrogen-bond donors (Lipinski definition) is 1. The fraction of sp³-hybridized carbons (Fsp3) is 0.350. The summed E-state index contributed by atoms with van der Waals surface area (Å²) in [5.41, 5.74) is 1.86. The summed E-state index contributed by atoms with van der Waals surface area (Å²) >= 11 is 7.05. The maximum absolute atomic E-state index is 12.7. The van der Waals surface area contributed by atoms with Crippen LogP contribution in [0.3, 0.4) is 0 Å².